The molecule has 1 aromatic rings. The maximum Gasteiger partial charge on any atom is 0.239 e. The molecule has 0 aliphatic carbocycles. The number of amides is 1. The lowest BCUT2D eigenvalue weighted by molar-refractivity contribution is -0.113. The Morgan fingerprint density at radius 1 is 1.45 bits per heavy atom. The fourth-order valence-corrected chi connectivity index (χ4v) is 1.89. The van der Waals surface area contributed by atoms with Gasteiger partial charge in [-0.25, -0.2) is 12.8 Å². The van der Waals surface area contributed by atoms with Crippen molar-refractivity contribution in [1.82, 2.24) is 0 Å². The third-order valence-corrected chi connectivity index (χ3v) is 2.89. The average molecular weight is 299 g/mol. The number of nitrogens with one attached hydrogen (secondary N) is 1. The molecule has 5 nitrogen and oxygen atoms in total. The molecule has 0 spiro atoms. The molecular weight excluding hydrogens is 285 g/mol. The van der Waals surface area contributed by atoms with E-state index in [1.54, 1.807) is 0 Å². The van der Waals surface area contributed by atoms with Crippen LogP contribution in [0.5, 0.6) is 0 Å². The number of hydrogen-bond acceptors (Lipinski definition) is 4. The van der Waals surface area contributed by atoms with Crippen LogP contribution in [0.2, 0.25) is 0 Å². The van der Waals surface area contributed by atoms with Gasteiger partial charge in [-0.3, -0.25) is 4.79 Å². The number of sulfone groups is 1. The lowest BCUT2D eigenvalue weighted by Gasteiger charge is -2.05. The number of aliphatic hydroxyl groups is 1. The predicted molar refractivity (Wildman–Crippen MR) is 73.3 cm³/mol. The monoisotopic (exact) mass is 299 g/mol. The molecule has 0 bridgehead atoms. The highest BCUT2D eigenvalue weighted by Gasteiger charge is 2.13. The molecule has 1 rings (SSSR count). The summed E-state index contributed by atoms with van der Waals surface area (Å²) in [6, 6.07) is 3.92. The van der Waals surface area contributed by atoms with Crippen molar-refractivity contribution in [3.05, 3.63) is 29.6 Å². The molecule has 0 aromatic heterocycles. The van der Waals surface area contributed by atoms with Crippen molar-refractivity contribution in [2.75, 3.05) is 23.9 Å². The second kappa shape index (κ2) is 7.03. The molecule has 0 atom stereocenters. The second-order valence-electron chi connectivity index (χ2n) is 4.09. The normalized spacial score (nSPS) is 10.6. The van der Waals surface area contributed by atoms with Crippen molar-refractivity contribution in [2.45, 2.75) is 6.42 Å². The van der Waals surface area contributed by atoms with Gasteiger partial charge in [0.25, 0.3) is 0 Å². The Hall–Kier alpha value is -1.91. The van der Waals surface area contributed by atoms with Gasteiger partial charge in [0.1, 0.15) is 11.6 Å². The molecule has 1 aromatic carbocycles. The van der Waals surface area contributed by atoms with Gasteiger partial charge in [-0.2, -0.15) is 0 Å². The average Bonchev–Trinajstić information content (AvgIpc) is 2.30. The van der Waals surface area contributed by atoms with Crippen LogP contribution in [0.15, 0.2) is 18.2 Å². The van der Waals surface area contributed by atoms with Crippen LogP contribution in [-0.2, 0) is 14.6 Å². The number of anilines is 1. The Balaban J connectivity index is 2.79. The molecule has 0 fully saturated rings. The fourth-order valence-electron chi connectivity index (χ4n) is 1.34. The van der Waals surface area contributed by atoms with Crippen LogP contribution >= 0.6 is 0 Å². The summed E-state index contributed by atoms with van der Waals surface area (Å²) in [5.74, 6) is 3.07. The van der Waals surface area contributed by atoms with Crippen LogP contribution in [0.1, 0.15) is 12.0 Å². The number of benzene rings is 1. The molecule has 0 saturated carbocycles. The quantitative estimate of drug-likeness (QED) is 0.795. The van der Waals surface area contributed by atoms with Crippen LogP contribution in [0.4, 0.5) is 10.1 Å². The van der Waals surface area contributed by atoms with Gasteiger partial charge in [0.2, 0.25) is 5.91 Å². The number of carbonyl (C=O) groups is 1. The smallest absolute Gasteiger partial charge is 0.239 e. The molecule has 0 heterocycles. The largest absolute Gasteiger partial charge is 0.395 e. The van der Waals surface area contributed by atoms with Gasteiger partial charge in [-0.05, 0) is 18.2 Å². The highest BCUT2D eigenvalue weighted by molar-refractivity contribution is 7.91. The maximum absolute atomic E-state index is 13.7. The van der Waals surface area contributed by atoms with Crippen LogP contribution in [0.3, 0.4) is 0 Å². The predicted octanol–water partition coefficient (Wildman–Crippen LogP) is 0.543. The minimum Gasteiger partial charge on any atom is -0.395 e. The first-order valence-corrected chi connectivity index (χ1v) is 7.75. The third-order valence-electron chi connectivity index (χ3n) is 2.11. The minimum absolute atomic E-state index is 0.0743. The number of hydrogen-bond donors (Lipinski definition) is 2. The number of aliphatic hydroxyl groups excluding tert-OH is 1. The maximum atomic E-state index is 13.7. The zero-order valence-electron chi connectivity index (χ0n) is 10.8. The van der Waals surface area contributed by atoms with Crippen molar-refractivity contribution in [3.8, 4) is 11.8 Å². The Labute approximate surface area is 116 Å². The molecule has 7 heteroatoms. The van der Waals surface area contributed by atoms with Crippen LogP contribution in [-0.4, -0.2) is 38.0 Å². The molecule has 0 saturated heterocycles. The molecular formula is C13H14FNO4S. The van der Waals surface area contributed by atoms with E-state index in [1.165, 1.54) is 12.1 Å². The van der Waals surface area contributed by atoms with Crippen LogP contribution in [0.25, 0.3) is 0 Å². The molecule has 0 unspecified atom stereocenters. The van der Waals surface area contributed by atoms with Crippen molar-refractivity contribution < 1.29 is 22.7 Å². The molecule has 108 valence electrons. The second-order valence-corrected chi connectivity index (χ2v) is 6.23. The van der Waals surface area contributed by atoms with Crippen LogP contribution in [0, 0.1) is 17.7 Å². The fraction of sp³-hybridized carbons (Fsp3) is 0.308. The van der Waals surface area contributed by atoms with E-state index in [0.717, 1.165) is 12.3 Å². The number of halogens is 1. The topological polar surface area (TPSA) is 83.5 Å². The molecule has 1 amide bonds. The van der Waals surface area contributed by atoms with Crippen LogP contribution < -0.4 is 5.32 Å². The van der Waals surface area contributed by atoms with Crippen molar-refractivity contribution >= 4 is 21.4 Å². The minimum atomic E-state index is -3.46. The van der Waals surface area contributed by atoms with E-state index in [1.807, 2.05) is 0 Å². The van der Waals surface area contributed by atoms with Gasteiger partial charge in [0.05, 0.1) is 12.3 Å². The summed E-state index contributed by atoms with van der Waals surface area (Å²) in [6.45, 7) is -0.0743. The van der Waals surface area contributed by atoms with E-state index in [9.17, 15) is 17.6 Å². The van der Waals surface area contributed by atoms with Gasteiger partial charge in [0.15, 0.2) is 9.84 Å². The summed E-state index contributed by atoms with van der Waals surface area (Å²) in [5, 5.41) is 10.7. The lowest BCUT2D eigenvalue weighted by Crippen LogP contribution is -2.22. The summed E-state index contributed by atoms with van der Waals surface area (Å²) < 4.78 is 35.5. The van der Waals surface area contributed by atoms with Gasteiger partial charge in [0, 0.05) is 18.2 Å². The van der Waals surface area contributed by atoms with E-state index >= 15 is 0 Å². The third kappa shape index (κ3) is 5.82. The SMILES string of the molecule is CS(=O)(=O)CC(=O)Nc1ccc(C#CCCO)cc1F. The van der Waals surface area contributed by atoms with Gasteiger partial charge in [-0.15, -0.1) is 0 Å². The van der Waals surface area contributed by atoms with E-state index in [0.29, 0.717) is 5.56 Å². The Bertz CT molecular complexity index is 659. The standard InChI is InChI=1S/C13H14FNO4S/c1-20(18,19)9-13(17)15-12-6-5-10(8-11(12)14)4-2-3-7-16/h5-6,8,16H,3,7,9H2,1H3,(H,15,17). The number of rotatable bonds is 4. The summed E-state index contributed by atoms with van der Waals surface area (Å²) in [7, 11) is -3.46. The van der Waals surface area contributed by atoms with Crippen molar-refractivity contribution in [2.24, 2.45) is 0 Å². The summed E-state index contributed by atoms with van der Waals surface area (Å²) in [5.41, 5.74) is 0.295. The Kier molecular flexibility index (Phi) is 5.67. The summed E-state index contributed by atoms with van der Waals surface area (Å²) in [6.07, 6.45) is 1.21. The number of carbonyl (C=O) groups excluding carboxylic acids is 1. The van der Waals surface area contributed by atoms with Gasteiger partial charge >= 0.3 is 0 Å². The summed E-state index contributed by atoms with van der Waals surface area (Å²) >= 11 is 0. The van der Waals surface area contributed by atoms with E-state index in [-0.39, 0.29) is 18.7 Å². The highest BCUT2D eigenvalue weighted by Crippen LogP contribution is 2.15. The van der Waals surface area contributed by atoms with Crippen molar-refractivity contribution in [1.29, 1.82) is 0 Å². The van der Waals surface area contributed by atoms with Gasteiger partial charge < -0.3 is 10.4 Å². The van der Waals surface area contributed by atoms with E-state index in [4.69, 9.17) is 5.11 Å². The van der Waals surface area contributed by atoms with Gasteiger partial charge in [-0.1, -0.05) is 11.8 Å². The zero-order chi connectivity index (χ0) is 15.2. The zero-order valence-corrected chi connectivity index (χ0v) is 11.6. The van der Waals surface area contributed by atoms with E-state index in [2.05, 4.69) is 17.2 Å². The Morgan fingerprint density at radius 3 is 2.70 bits per heavy atom. The Morgan fingerprint density at radius 2 is 2.15 bits per heavy atom. The highest BCUT2D eigenvalue weighted by atomic mass is 32.2. The molecule has 0 radical (unpaired) electrons. The first kappa shape index (κ1) is 16.1. The summed E-state index contributed by atoms with van der Waals surface area (Å²) in [4.78, 5) is 11.4. The first-order chi connectivity index (χ1) is 9.31. The molecule has 0 aliphatic heterocycles. The molecule has 20 heavy (non-hydrogen) atoms. The first-order valence-electron chi connectivity index (χ1n) is 5.68. The van der Waals surface area contributed by atoms with Crippen molar-refractivity contribution in [3.63, 3.8) is 0 Å². The molecule has 0 aliphatic rings. The lowest BCUT2D eigenvalue weighted by atomic mass is 10.2. The van der Waals surface area contributed by atoms with E-state index < -0.39 is 27.3 Å². The molecule has 2 N–H and O–H groups in total.